The van der Waals surface area contributed by atoms with Crippen molar-refractivity contribution in [1.82, 2.24) is 0 Å². The summed E-state index contributed by atoms with van der Waals surface area (Å²) in [7, 11) is 0. The molecule has 1 aliphatic rings. The summed E-state index contributed by atoms with van der Waals surface area (Å²) in [6.45, 7) is 0. The summed E-state index contributed by atoms with van der Waals surface area (Å²) >= 11 is -0.490. The fourth-order valence-electron chi connectivity index (χ4n) is 0.148. The molecule has 0 aromatic rings. The average Bonchev–Trinajstić information content (AvgIpc) is 1.30. The summed E-state index contributed by atoms with van der Waals surface area (Å²) in [5.74, 6) is 0. The fraction of sp³-hybridized carbons (Fsp3) is 1.00. The molecule has 0 atom stereocenters. The monoisotopic (exact) mass is 332 g/mol. The van der Waals surface area contributed by atoms with Gasteiger partial charge in [0.05, 0.1) is 0 Å². The molecule has 0 N–H and O–H groups in total. The predicted octanol–water partition coefficient (Wildman–Crippen LogP) is 1.90. The molecule has 46 valence electrons. The van der Waals surface area contributed by atoms with Gasteiger partial charge in [0.2, 0.25) is 0 Å². The standard InChI is InChI=1S/C2H6I2O3/c1-4(2,3)5-7-6-4/h1-2H3. The Labute approximate surface area is 53.5 Å². The molecule has 0 bridgehead atoms. The van der Waals surface area contributed by atoms with Crippen molar-refractivity contribution in [3.8, 4) is 0 Å². The number of halogens is 2. The van der Waals surface area contributed by atoms with Gasteiger partial charge < -0.3 is 0 Å². The summed E-state index contributed by atoms with van der Waals surface area (Å²) in [5, 5.41) is 4.12. The number of hydrogen-bond acceptors (Lipinski definition) is 3. The van der Waals surface area contributed by atoms with Gasteiger partial charge >= 0.3 is 53.9 Å². The average molecular weight is 332 g/mol. The van der Waals surface area contributed by atoms with Crippen LogP contribution in [0.3, 0.4) is 0 Å². The summed E-state index contributed by atoms with van der Waals surface area (Å²) in [6.07, 6.45) is 0. The van der Waals surface area contributed by atoms with Gasteiger partial charge in [-0.1, -0.05) is 0 Å². The van der Waals surface area contributed by atoms with Crippen LogP contribution in [0, 0.1) is 0 Å². The van der Waals surface area contributed by atoms with E-state index >= 15 is 0 Å². The second-order valence-corrected chi connectivity index (χ2v) is 26.1. The second-order valence-electron chi connectivity index (χ2n) is 1.65. The van der Waals surface area contributed by atoms with Crippen LogP contribution < -0.4 is 0 Å². The van der Waals surface area contributed by atoms with Crippen molar-refractivity contribution in [3.05, 3.63) is 0 Å². The molecule has 1 aliphatic heterocycles. The van der Waals surface area contributed by atoms with E-state index in [9.17, 15) is 0 Å². The zero-order chi connectivity index (χ0) is 5.57. The Hall–Kier alpha value is 1.34. The Morgan fingerprint density at radius 1 is 1.29 bits per heavy atom. The van der Waals surface area contributed by atoms with Crippen LogP contribution in [-0.4, -0.2) is 9.86 Å². The molecule has 7 heavy (non-hydrogen) atoms. The third kappa shape index (κ3) is 1.63. The van der Waals surface area contributed by atoms with Crippen LogP contribution in [0.15, 0.2) is 0 Å². The molecule has 0 unspecified atom stereocenters. The van der Waals surface area contributed by atoms with Crippen LogP contribution >= 0.6 is 32.5 Å². The first-order valence-electron chi connectivity index (χ1n) is 1.54. The van der Waals surface area contributed by atoms with Crippen molar-refractivity contribution in [2.24, 2.45) is 0 Å². The van der Waals surface area contributed by atoms with Crippen LogP contribution in [0.2, 0.25) is 0 Å². The maximum absolute atomic E-state index is 4.76. The zero-order valence-corrected chi connectivity index (χ0v) is 8.30. The van der Waals surface area contributed by atoms with E-state index in [0.717, 1.165) is 0 Å². The van der Waals surface area contributed by atoms with E-state index in [2.05, 4.69) is 23.7 Å². The van der Waals surface area contributed by atoms with Gasteiger partial charge in [0, 0.05) is 0 Å². The van der Waals surface area contributed by atoms with Crippen LogP contribution in [0.25, 0.3) is 0 Å². The van der Waals surface area contributed by atoms with Crippen LogP contribution in [0.5, 0.6) is 0 Å². The normalized spacial score (nSPS) is 40.1. The summed E-state index contributed by atoms with van der Waals surface area (Å²) < 4.78 is 9.51. The quantitative estimate of drug-likeness (QED) is 0.385. The van der Waals surface area contributed by atoms with Gasteiger partial charge in [0.1, 0.15) is 0 Å². The Morgan fingerprint density at radius 2 is 1.57 bits per heavy atom. The van der Waals surface area contributed by atoms with E-state index < -0.39 is 13.9 Å². The molecular formula is C2H6I2O3. The van der Waals surface area contributed by atoms with E-state index in [1.807, 2.05) is 9.86 Å². The van der Waals surface area contributed by atoms with Crippen LogP contribution in [0.4, 0.5) is 0 Å². The topological polar surface area (TPSA) is 27.7 Å². The molecule has 0 aromatic heterocycles. The molecule has 0 spiro atoms. The number of alkyl halides is 2. The Bertz CT molecular complexity index is 84.8. The minimum absolute atomic E-state index is 1.95. The number of rotatable bonds is 0. The van der Waals surface area contributed by atoms with E-state index in [0.29, 0.717) is 0 Å². The van der Waals surface area contributed by atoms with Gasteiger partial charge in [-0.15, -0.1) is 0 Å². The minimum atomic E-state index is -2.67. The van der Waals surface area contributed by atoms with Gasteiger partial charge in [-0.2, -0.15) is 0 Å². The van der Waals surface area contributed by atoms with Crippen molar-refractivity contribution in [2.45, 2.75) is 0 Å². The molecule has 0 saturated carbocycles. The van der Waals surface area contributed by atoms with Crippen molar-refractivity contribution in [1.29, 1.82) is 0 Å². The maximum atomic E-state index is 4.76. The van der Waals surface area contributed by atoms with E-state index in [4.69, 9.17) is 6.43 Å². The first kappa shape index (κ1) is 6.46. The molecule has 1 heterocycles. The molecule has 0 amide bonds. The van der Waals surface area contributed by atoms with Crippen molar-refractivity contribution >= 4 is 32.5 Å². The fourth-order valence-corrected chi connectivity index (χ4v) is 1.74. The molecule has 3 nitrogen and oxygen atoms in total. The Morgan fingerprint density at radius 3 is 1.57 bits per heavy atom. The summed E-state index contributed by atoms with van der Waals surface area (Å²) in [5.41, 5.74) is 0. The zero-order valence-electron chi connectivity index (χ0n) is 3.98. The van der Waals surface area contributed by atoms with Gasteiger partial charge in [0.25, 0.3) is 0 Å². The van der Waals surface area contributed by atoms with Crippen LogP contribution in [0.1, 0.15) is 0 Å². The molecule has 0 radical (unpaired) electrons. The molecule has 1 fully saturated rings. The molecular weight excluding hydrogens is 326 g/mol. The third-order valence-electron chi connectivity index (χ3n) is 0.402. The molecule has 5 heteroatoms. The summed E-state index contributed by atoms with van der Waals surface area (Å²) in [4.78, 5) is 3.91. The van der Waals surface area contributed by atoms with Gasteiger partial charge in [-0.3, -0.25) is 0 Å². The Kier molecular flexibility index (Phi) is 1.32. The van der Waals surface area contributed by atoms with Gasteiger partial charge in [0.15, 0.2) is 0 Å². The molecule has 0 aliphatic carbocycles. The molecule has 1 rings (SSSR count). The first-order valence-corrected chi connectivity index (χ1v) is 13.9. The first-order chi connectivity index (χ1) is 2.97. The van der Waals surface area contributed by atoms with E-state index in [1.54, 1.807) is 0 Å². The van der Waals surface area contributed by atoms with Gasteiger partial charge in [-0.05, 0) is 0 Å². The molecule has 1 saturated heterocycles. The molecule has 0 aromatic carbocycles. The van der Waals surface area contributed by atoms with Crippen molar-refractivity contribution < 1.29 is 11.5 Å². The second kappa shape index (κ2) is 1.43. The van der Waals surface area contributed by atoms with E-state index in [1.165, 1.54) is 0 Å². The van der Waals surface area contributed by atoms with E-state index in [-0.39, 0.29) is 0 Å². The summed E-state index contributed by atoms with van der Waals surface area (Å²) in [6, 6.07) is 0. The van der Waals surface area contributed by atoms with Crippen molar-refractivity contribution in [2.75, 3.05) is 9.86 Å². The third-order valence-corrected chi connectivity index (χ3v) is 4.52. The SMILES string of the molecule is CI1(C)(I)OOO1. The number of hydrogen-bond donors (Lipinski definition) is 0. The van der Waals surface area contributed by atoms with Crippen LogP contribution in [-0.2, 0) is 11.5 Å². The van der Waals surface area contributed by atoms with Crippen molar-refractivity contribution in [3.63, 3.8) is 0 Å². The predicted molar refractivity (Wildman–Crippen MR) is 43.1 cm³/mol. The Balaban J connectivity index is 2.60. The van der Waals surface area contributed by atoms with Gasteiger partial charge in [-0.25, -0.2) is 0 Å².